The lowest BCUT2D eigenvalue weighted by Crippen LogP contribution is -2.48. The zero-order valence-corrected chi connectivity index (χ0v) is 14.3. The molecular weight excluding hydrogens is 308 g/mol. The van der Waals surface area contributed by atoms with Crippen LogP contribution in [0.1, 0.15) is 18.9 Å². The van der Waals surface area contributed by atoms with Crippen LogP contribution in [0.2, 0.25) is 0 Å². The Morgan fingerprint density at radius 2 is 1.92 bits per heavy atom. The van der Waals surface area contributed by atoms with Gasteiger partial charge in [-0.3, -0.25) is 9.69 Å². The molecule has 6 nitrogen and oxygen atoms in total. The van der Waals surface area contributed by atoms with Crippen molar-refractivity contribution in [1.82, 2.24) is 10.2 Å². The Morgan fingerprint density at radius 3 is 2.50 bits per heavy atom. The Bertz CT molecular complexity index is 525. The van der Waals surface area contributed by atoms with Gasteiger partial charge in [-0.25, -0.2) is 0 Å². The lowest BCUT2D eigenvalue weighted by Gasteiger charge is -2.32. The number of nitrogens with zero attached hydrogens (tertiary/aromatic N) is 1. The Kier molecular flexibility index (Phi) is 6.74. The molecule has 2 rings (SSSR count). The highest BCUT2D eigenvalue weighted by atomic mass is 16.3. The van der Waals surface area contributed by atoms with Gasteiger partial charge in [-0.2, -0.15) is 0 Å². The maximum atomic E-state index is 12.0. The van der Waals surface area contributed by atoms with Crippen LogP contribution in [0.4, 0.5) is 0 Å². The molecule has 1 aliphatic heterocycles. The molecule has 1 aromatic rings. The minimum absolute atomic E-state index is 0.183. The van der Waals surface area contributed by atoms with Crippen molar-refractivity contribution in [2.24, 2.45) is 5.92 Å². The summed E-state index contributed by atoms with van der Waals surface area (Å²) in [5.74, 6) is -0.661. The first-order valence-corrected chi connectivity index (χ1v) is 8.49. The van der Waals surface area contributed by atoms with Gasteiger partial charge in [-0.05, 0) is 24.9 Å². The van der Waals surface area contributed by atoms with Crippen molar-refractivity contribution < 1.29 is 20.1 Å². The third kappa shape index (κ3) is 3.95. The zero-order chi connectivity index (χ0) is 17.7. The molecule has 134 valence electrons. The second-order valence-electron chi connectivity index (χ2n) is 6.45. The van der Waals surface area contributed by atoms with Gasteiger partial charge in [0.05, 0.1) is 30.8 Å². The molecule has 0 aromatic heterocycles. The van der Waals surface area contributed by atoms with Gasteiger partial charge in [0.1, 0.15) is 0 Å². The van der Waals surface area contributed by atoms with Crippen molar-refractivity contribution in [3.05, 3.63) is 35.9 Å². The summed E-state index contributed by atoms with van der Waals surface area (Å²) in [6.07, 6.45) is -0.422. The van der Waals surface area contributed by atoms with E-state index in [1.54, 1.807) is 14.0 Å². The van der Waals surface area contributed by atoms with E-state index in [0.717, 1.165) is 12.8 Å². The van der Waals surface area contributed by atoms with Gasteiger partial charge in [0.2, 0.25) is 5.91 Å². The largest absolute Gasteiger partial charge is 0.395 e. The molecular formula is C18H28N2O4. The number of amides is 1. The lowest BCUT2D eigenvalue weighted by atomic mass is 9.95. The maximum Gasteiger partial charge on any atom is 0.224 e. The fourth-order valence-electron chi connectivity index (χ4n) is 3.65. The van der Waals surface area contributed by atoms with Crippen molar-refractivity contribution in [1.29, 1.82) is 0 Å². The van der Waals surface area contributed by atoms with Crippen LogP contribution in [0.5, 0.6) is 0 Å². The number of aliphatic hydroxyl groups is 3. The molecule has 1 aliphatic rings. The summed E-state index contributed by atoms with van der Waals surface area (Å²) in [6, 6.07) is 9.02. The molecule has 0 aliphatic carbocycles. The van der Waals surface area contributed by atoms with Crippen molar-refractivity contribution in [2.45, 2.75) is 44.1 Å². The highest BCUT2D eigenvalue weighted by Crippen LogP contribution is 2.30. The highest BCUT2D eigenvalue weighted by Gasteiger charge is 2.50. The second kappa shape index (κ2) is 8.58. The second-order valence-corrected chi connectivity index (χ2v) is 6.45. The molecule has 1 unspecified atom stereocenters. The number of nitrogens with one attached hydrogen (secondary N) is 1. The van der Waals surface area contributed by atoms with Crippen molar-refractivity contribution in [2.75, 3.05) is 20.2 Å². The number of carbonyl (C=O) groups is 1. The number of rotatable bonds is 7. The smallest absolute Gasteiger partial charge is 0.224 e. The van der Waals surface area contributed by atoms with E-state index in [2.05, 4.69) is 17.4 Å². The van der Waals surface area contributed by atoms with Crippen LogP contribution in [-0.4, -0.2) is 70.6 Å². The summed E-state index contributed by atoms with van der Waals surface area (Å²) in [5, 5.41) is 32.8. The first-order chi connectivity index (χ1) is 11.5. The highest BCUT2D eigenvalue weighted by molar-refractivity contribution is 5.78. The summed E-state index contributed by atoms with van der Waals surface area (Å²) in [6.45, 7) is 2.09. The Balaban J connectivity index is 2.07. The number of hydrogen-bond acceptors (Lipinski definition) is 5. The van der Waals surface area contributed by atoms with Crippen LogP contribution in [-0.2, 0) is 11.2 Å². The van der Waals surface area contributed by atoms with Crippen LogP contribution in [0.15, 0.2) is 30.3 Å². The lowest BCUT2D eigenvalue weighted by molar-refractivity contribution is -0.127. The number of carbonyl (C=O) groups excluding carboxylic acids is 1. The average molecular weight is 336 g/mol. The van der Waals surface area contributed by atoms with Crippen LogP contribution < -0.4 is 5.32 Å². The molecule has 0 radical (unpaired) electrons. The molecule has 5 atom stereocenters. The van der Waals surface area contributed by atoms with Gasteiger partial charge in [0.25, 0.3) is 0 Å². The third-order valence-corrected chi connectivity index (χ3v) is 4.99. The number of benzene rings is 1. The molecule has 0 spiro atoms. The number of likely N-dealkylation sites (tertiary alicyclic amines) is 1. The minimum atomic E-state index is -1.05. The van der Waals surface area contributed by atoms with Crippen LogP contribution in [0, 0.1) is 5.92 Å². The van der Waals surface area contributed by atoms with Gasteiger partial charge < -0.3 is 20.6 Å². The summed E-state index contributed by atoms with van der Waals surface area (Å²) in [5.41, 5.74) is 1.22. The Morgan fingerprint density at radius 1 is 1.25 bits per heavy atom. The van der Waals surface area contributed by atoms with E-state index in [1.165, 1.54) is 5.56 Å². The predicted molar refractivity (Wildman–Crippen MR) is 91.4 cm³/mol. The molecule has 1 amide bonds. The molecule has 1 heterocycles. The number of hydrogen-bond donors (Lipinski definition) is 4. The Hall–Kier alpha value is -1.47. The quantitative estimate of drug-likeness (QED) is 0.552. The number of aryl methyl sites for hydroxylation is 1. The van der Waals surface area contributed by atoms with E-state index in [-0.39, 0.29) is 12.5 Å². The summed E-state index contributed by atoms with van der Waals surface area (Å²) in [7, 11) is 1.56. The van der Waals surface area contributed by atoms with Crippen molar-refractivity contribution in [3.8, 4) is 0 Å². The molecule has 0 saturated carbocycles. The van der Waals surface area contributed by atoms with E-state index in [4.69, 9.17) is 0 Å². The van der Waals surface area contributed by atoms with Crippen LogP contribution in [0.3, 0.4) is 0 Å². The van der Waals surface area contributed by atoms with Gasteiger partial charge in [-0.15, -0.1) is 0 Å². The van der Waals surface area contributed by atoms with E-state index >= 15 is 0 Å². The molecule has 1 saturated heterocycles. The molecule has 4 N–H and O–H groups in total. The van der Waals surface area contributed by atoms with E-state index < -0.39 is 30.2 Å². The molecule has 0 bridgehead atoms. The maximum absolute atomic E-state index is 12.0. The van der Waals surface area contributed by atoms with E-state index in [0.29, 0.717) is 6.54 Å². The average Bonchev–Trinajstić information content (AvgIpc) is 2.84. The molecule has 1 fully saturated rings. The summed E-state index contributed by atoms with van der Waals surface area (Å²) >= 11 is 0. The molecule has 6 heteroatoms. The zero-order valence-electron chi connectivity index (χ0n) is 14.3. The van der Waals surface area contributed by atoms with E-state index in [1.807, 2.05) is 23.1 Å². The summed E-state index contributed by atoms with van der Waals surface area (Å²) in [4.78, 5) is 13.9. The van der Waals surface area contributed by atoms with Gasteiger partial charge >= 0.3 is 0 Å². The van der Waals surface area contributed by atoms with Gasteiger partial charge in [-0.1, -0.05) is 37.3 Å². The van der Waals surface area contributed by atoms with Gasteiger partial charge in [0.15, 0.2) is 0 Å². The van der Waals surface area contributed by atoms with Crippen molar-refractivity contribution in [3.63, 3.8) is 0 Å². The SMILES string of the molecule is CNC(=O)C(C)[C@@H]1[C@H](O)[C@H](O)[C@@H](CO)N1CCCc1ccccc1. The third-order valence-electron chi connectivity index (χ3n) is 4.99. The first-order valence-electron chi connectivity index (χ1n) is 8.49. The standard InChI is InChI=1S/C18H28N2O4/c1-12(18(24)19-2)15-17(23)16(22)14(11-21)20(15)10-6-9-13-7-4-3-5-8-13/h3-5,7-8,12,14-17,21-23H,6,9-11H2,1-2H3,(H,19,24)/t12?,14-,15-,16-,17+/m1/s1. The molecule has 1 aromatic carbocycles. The topological polar surface area (TPSA) is 93.0 Å². The predicted octanol–water partition coefficient (Wildman–Crippen LogP) is -0.232. The Labute approximate surface area is 143 Å². The fourth-order valence-corrected chi connectivity index (χ4v) is 3.65. The first kappa shape index (κ1) is 18.9. The number of aliphatic hydroxyl groups excluding tert-OH is 3. The summed E-state index contributed by atoms with van der Waals surface area (Å²) < 4.78 is 0. The van der Waals surface area contributed by atoms with E-state index in [9.17, 15) is 20.1 Å². The van der Waals surface area contributed by atoms with Crippen LogP contribution >= 0.6 is 0 Å². The normalized spacial score (nSPS) is 28.7. The minimum Gasteiger partial charge on any atom is -0.395 e. The van der Waals surface area contributed by atoms with Crippen LogP contribution in [0.25, 0.3) is 0 Å². The monoisotopic (exact) mass is 336 g/mol. The molecule has 24 heavy (non-hydrogen) atoms. The van der Waals surface area contributed by atoms with Crippen molar-refractivity contribution >= 4 is 5.91 Å². The van der Waals surface area contributed by atoms with Gasteiger partial charge in [0, 0.05) is 13.1 Å². The fraction of sp³-hybridized carbons (Fsp3) is 0.611.